The molecule has 0 aliphatic heterocycles. The van der Waals surface area contributed by atoms with Gasteiger partial charge >= 0.3 is 0 Å². The molecule has 0 amide bonds. The van der Waals surface area contributed by atoms with Gasteiger partial charge in [0.1, 0.15) is 0 Å². The summed E-state index contributed by atoms with van der Waals surface area (Å²) < 4.78 is 0. The quantitative estimate of drug-likeness (QED) is 0.730. The Hall–Kier alpha value is -1.17. The van der Waals surface area contributed by atoms with E-state index in [0.717, 1.165) is 13.1 Å². The average molecular weight is 271 g/mol. The molecular weight excluding hydrogens is 249 g/mol. The molecule has 0 bridgehead atoms. The second-order valence-corrected chi connectivity index (χ2v) is 7.05. The first kappa shape index (κ1) is 14.2. The standard InChI is InChI=1S/C17H22NP/c1-3-18(2)14-15-19(16-10-6-4-7-11-16)17-12-8-5-9-13-17/h4-13H,3,14-15H2,1-2H3. The van der Waals surface area contributed by atoms with Gasteiger partial charge in [0.2, 0.25) is 0 Å². The summed E-state index contributed by atoms with van der Waals surface area (Å²) in [5, 5.41) is 2.96. The van der Waals surface area contributed by atoms with Gasteiger partial charge in [-0.3, -0.25) is 0 Å². The van der Waals surface area contributed by atoms with E-state index in [-0.39, 0.29) is 7.92 Å². The lowest BCUT2D eigenvalue weighted by Gasteiger charge is -2.22. The molecule has 1 nitrogen and oxygen atoms in total. The van der Waals surface area contributed by atoms with Gasteiger partial charge in [0.05, 0.1) is 0 Å². The molecule has 0 spiro atoms. The molecule has 0 aliphatic carbocycles. The Kier molecular flexibility index (Phi) is 5.57. The fraction of sp³-hybridized carbons (Fsp3) is 0.294. The average Bonchev–Trinajstić information content (AvgIpc) is 2.49. The van der Waals surface area contributed by atoms with Gasteiger partial charge in [-0.05, 0) is 38.3 Å². The summed E-state index contributed by atoms with van der Waals surface area (Å²) in [6.07, 6.45) is 1.23. The van der Waals surface area contributed by atoms with E-state index in [0.29, 0.717) is 0 Å². The molecule has 2 aromatic rings. The van der Waals surface area contributed by atoms with Crippen LogP contribution in [0.4, 0.5) is 0 Å². The van der Waals surface area contributed by atoms with Crippen molar-refractivity contribution in [2.45, 2.75) is 6.92 Å². The fourth-order valence-corrected chi connectivity index (χ4v) is 4.47. The normalized spacial score (nSPS) is 11.2. The molecule has 0 radical (unpaired) electrons. The molecule has 0 N–H and O–H groups in total. The van der Waals surface area contributed by atoms with Crippen LogP contribution in [0.3, 0.4) is 0 Å². The van der Waals surface area contributed by atoms with Crippen molar-refractivity contribution in [1.82, 2.24) is 4.90 Å². The molecule has 0 saturated carbocycles. The first-order valence-electron chi connectivity index (χ1n) is 6.87. The largest absolute Gasteiger partial charge is 0.306 e. The lowest BCUT2D eigenvalue weighted by molar-refractivity contribution is 0.376. The summed E-state index contributed by atoms with van der Waals surface area (Å²) in [6.45, 7) is 4.49. The maximum atomic E-state index is 2.39. The van der Waals surface area contributed by atoms with Crippen LogP contribution in [0, 0.1) is 0 Å². The van der Waals surface area contributed by atoms with Crippen molar-refractivity contribution in [3.8, 4) is 0 Å². The molecule has 0 unspecified atom stereocenters. The van der Waals surface area contributed by atoms with Crippen LogP contribution in [0.1, 0.15) is 6.92 Å². The highest BCUT2D eigenvalue weighted by atomic mass is 31.1. The third kappa shape index (κ3) is 4.16. The summed E-state index contributed by atoms with van der Waals surface area (Å²) in [5.74, 6) is 0. The molecule has 2 aromatic carbocycles. The predicted molar refractivity (Wildman–Crippen MR) is 87.1 cm³/mol. The maximum Gasteiger partial charge on any atom is 0.00235 e. The van der Waals surface area contributed by atoms with Crippen molar-refractivity contribution in [2.75, 3.05) is 26.3 Å². The zero-order valence-corrected chi connectivity index (χ0v) is 12.7. The van der Waals surface area contributed by atoms with Gasteiger partial charge in [-0.2, -0.15) is 0 Å². The minimum absolute atomic E-state index is 0.231. The van der Waals surface area contributed by atoms with E-state index < -0.39 is 0 Å². The van der Waals surface area contributed by atoms with E-state index in [9.17, 15) is 0 Å². The Morgan fingerprint density at radius 2 is 1.32 bits per heavy atom. The van der Waals surface area contributed by atoms with Crippen molar-refractivity contribution in [3.63, 3.8) is 0 Å². The van der Waals surface area contributed by atoms with Gasteiger partial charge in [0.25, 0.3) is 0 Å². The zero-order chi connectivity index (χ0) is 13.5. The van der Waals surface area contributed by atoms with Crippen molar-refractivity contribution in [3.05, 3.63) is 60.7 Å². The summed E-state index contributed by atoms with van der Waals surface area (Å²) >= 11 is 0. The van der Waals surface area contributed by atoms with E-state index in [2.05, 4.69) is 79.5 Å². The Balaban J connectivity index is 2.19. The molecule has 0 aliphatic rings. The Bertz CT molecular complexity index is 430. The SMILES string of the molecule is CCN(C)CCP(c1ccccc1)c1ccccc1. The maximum absolute atomic E-state index is 2.39. The second kappa shape index (κ2) is 7.43. The molecule has 100 valence electrons. The predicted octanol–water partition coefficient (Wildman–Crippen LogP) is 3.07. The lowest BCUT2D eigenvalue weighted by atomic mass is 10.4. The van der Waals surface area contributed by atoms with Crippen molar-refractivity contribution in [1.29, 1.82) is 0 Å². The van der Waals surface area contributed by atoms with Crippen LogP contribution in [0.15, 0.2) is 60.7 Å². The van der Waals surface area contributed by atoms with Gasteiger partial charge in [-0.25, -0.2) is 0 Å². The molecule has 2 rings (SSSR count). The Morgan fingerprint density at radius 3 is 1.74 bits per heavy atom. The molecular formula is C17H22NP. The first-order chi connectivity index (χ1) is 9.31. The highest BCUT2D eigenvalue weighted by molar-refractivity contribution is 7.73. The molecule has 0 aromatic heterocycles. The van der Waals surface area contributed by atoms with Gasteiger partial charge in [0, 0.05) is 6.54 Å². The smallest absolute Gasteiger partial charge is 0.00235 e. The highest BCUT2D eigenvalue weighted by Gasteiger charge is 2.13. The monoisotopic (exact) mass is 271 g/mol. The molecule has 0 saturated heterocycles. The number of nitrogens with zero attached hydrogens (tertiary/aromatic N) is 1. The van der Waals surface area contributed by atoms with E-state index in [1.165, 1.54) is 16.8 Å². The minimum atomic E-state index is -0.231. The topological polar surface area (TPSA) is 3.24 Å². The summed E-state index contributed by atoms with van der Waals surface area (Å²) in [6, 6.07) is 21.9. The summed E-state index contributed by atoms with van der Waals surface area (Å²) in [5.41, 5.74) is 0. The van der Waals surface area contributed by atoms with Crippen molar-refractivity contribution >= 4 is 18.5 Å². The number of benzene rings is 2. The number of rotatable bonds is 6. The van der Waals surface area contributed by atoms with Crippen LogP contribution in [0.5, 0.6) is 0 Å². The van der Waals surface area contributed by atoms with E-state index in [1.54, 1.807) is 0 Å². The third-order valence-electron chi connectivity index (χ3n) is 3.38. The minimum Gasteiger partial charge on any atom is -0.306 e. The van der Waals surface area contributed by atoms with E-state index in [4.69, 9.17) is 0 Å². The number of hydrogen-bond donors (Lipinski definition) is 0. The fourth-order valence-electron chi connectivity index (χ4n) is 2.05. The second-order valence-electron chi connectivity index (χ2n) is 4.72. The van der Waals surface area contributed by atoms with Crippen LogP contribution in [-0.4, -0.2) is 31.2 Å². The van der Waals surface area contributed by atoms with Crippen LogP contribution < -0.4 is 10.6 Å². The molecule has 2 heteroatoms. The van der Waals surface area contributed by atoms with Gasteiger partial charge in [0.15, 0.2) is 0 Å². The van der Waals surface area contributed by atoms with Gasteiger partial charge < -0.3 is 4.90 Å². The molecule has 0 atom stereocenters. The first-order valence-corrected chi connectivity index (χ1v) is 8.40. The third-order valence-corrected chi connectivity index (χ3v) is 5.87. The van der Waals surface area contributed by atoms with Crippen molar-refractivity contribution < 1.29 is 0 Å². The van der Waals surface area contributed by atoms with Crippen molar-refractivity contribution in [2.24, 2.45) is 0 Å². The van der Waals surface area contributed by atoms with Gasteiger partial charge in [-0.1, -0.05) is 67.6 Å². The number of hydrogen-bond acceptors (Lipinski definition) is 1. The Labute approximate surface area is 118 Å². The van der Waals surface area contributed by atoms with E-state index in [1.807, 2.05) is 0 Å². The molecule has 0 fully saturated rings. The van der Waals surface area contributed by atoms with E-state index >= 15 is 0 Å². The summed E-state index contributed by atoms with van der Waals surface area (Å²) in [4.78, 5) is 2.39. The van der Waals surface area contributed by atoms with Crippen LogP contribution in [-0.2, 0) is 0 Å². The lowest BCUT2D eigenvalue weighted by Crippen LogP contribution is -2.24. The van der Waals surface area contributed by atoms with Crippen LogP contribution in [0.2, 0.25) is 0 Å². The van der Waals surface area contributed by atoms with Crippen LogP contribution in [0.25, 0.3) is 0 Å². The Morgan fingerprint density at radius 1 is 0.842 bits per heavy atom. The zero-order valence-electron chi connectivity index (χ0n) is 11.8. The van der Waals surface area contributed by atoms with Gasteiger partial charge in [-0.15, -0.1) is 0 Å². The summed E-state index contributed by atoms with van der Waals surface area (Å²) in [7, 11) is 1.97. The highest BCUT2D eigenvalue weighted by Crippen LogP contribution is 2.32. The molecule has 0 heterocycles. The molecule has 19 heavy (non-hydrogen) atoms. The van der Waals surface area contributed by atoms with Crippen LogP contribution >= 0.6 is 7.92 Å².